The van der Waals surface area contributed by atoms with E-state index in [1.165, 1.54) is 24.8 Å². The molecule has 82 valence electrons. The van der Waals surface area contributed by atoms with Gasteiger partial charge in [0.2, 0.25) is 5.88 Å². The third kappa shape index (κ3) is 2.29. The molecule has 1 aromatic heterocycles. The van der Waals surface area contributed by atoms with Crippen LogP contribution in [0.25, 0.3) is 0 Å². The van der Waals surface area contributed by atoms with Gasteiger partial charge in [0.25, 0.3) is 0 Å². The lowest BCUT2D eigenvalue weighted by Gasteiger charge is -2.29. The van der Waals surface area contributed by atoms with Crippen molar-refractivity contribution in [2.75, 3.05) is 7.11 Å². The van der Waals surface area contributed by atoms with Crippen LogP contribution in [0, 0.1) is 0 Å². The molecule has 0 spiro atoms. The van der Waals surface area contributed by atoms with Crippen molar-refractivity contribution >= 4 is 0 Å². The van der Waals surface area contributed by atoms with Gasteiger partial charge in [-0.1, -0.05) is 12.5 Å². The molecule has 3 nitrogen and oxygen atoms in total. The molecule has 0 aromatic carbocycles. The van der Waals surface area contributed by atoms with Crippen LogP contribution in [0.1, 0.15) is 37.8 Å². The van der Waals surface area contributed by atoms with Crippen LogP contribution in [-0.4, -0.2) is 18.1 Å². The number of piperidine rings is 1. The highest BCUT2D eigenvalue weighted by Crippen LogP contribution is 2.30. The monoisotopic (exact) mass is 206 g/mol. The molecular formula is C12H18N2O. The van der Waals surface area contributed by atoms with Crippen molar-refractivity contribution in [3.63, 3.8) is 0 Å². The summed E-state index contributed by atoms with van der Waals surface area (Å²) in [4.78, 5) is 4.24. The first-order chi connectivity index (χ1) is 7.31. The molecule has 1 aromatic rings. The first-order valence-corrected chi connectivity index (χ1v) is 5.56. The Morgan fingerprint density at radius 2 is 2.33 bits per heavy atom. The molecule has 1 N–H and O–H groups in total. The minimum atomic E-state index is 0.400. The third-order valence-electron chi connectivity index (χ3n) is 2.98. The molecule has 1 fully saturated rings. The molecule has 15 heavy (non-hydrogen) atoms. The van der Waals surface area contributed by atoms with E-state index in [4.69, 9.17) is 4.74 Å². The number of methoxy groups -OCH3 is 1. The minimum absolute atomic E-state index is 0.400. The molecule has 0 aliphatic carbocycles. The quantitative estimate of drug-likeness (QED) is 0.806. The lowest BCUT2D eigenvalue weighted by atomic mass is 9.95. The summed E-state index contributed by atoms with van der Waals surface area (Å²) >= 11 is 0. The molecule has 2 atom stereocenters. The Balaban J connectivity index is 2.20. The summed E-state index contributed by atoms with van der Waals surface area (Å²) in [5.74, 6) is 0.754. The van der Waals surface area contributed by atoms with Crippen molar-refractivity contribution in [1.29, 1.82) is 0 Å². The summed E-state index contributed by atoms with van der Waals surface area (Å²) in [5.41, 5.74) is 1.19. The first-order valence-electron chi connectivity index (χ1n) is 5.56. The van der Waals surface area contributed by atoms with Gasteiger partial charge in [-0.2, -0.15) is 0 Å². The fraction of sp³-hybridized carbons (Fsp3) is 0.583. The first kappa shape index (κ1) is 10.4. The second-order valence-electron chi connectivity index (χ2n) is 4.15. The van der Waals surface area contributed by atoms with E-state index in [-0.39, 0.29) is 0 Å². The maximum atomic E-state index is 5.28. The van der Waals surface area contributed by atoms with E-state index in [0.29, 0.717) is 12.1 Å². The van der Waals surface area contributed by atoms with Gasteiger partial charge in [0.1, 0.15) is 0 Å². The van der Waals surface area contributed by atoms with Gasteiger partial charge in [0.15, 0.2) is 0 Å². The van der Waals surface area contributed by atoms with Crippen molar-refractivity contribution < 1.29 is 4.74 Å². The van der Waals surface area contributed by atoms with E-state index < -0.39 is 0 Å². The van der Waals surface area contributed by atoms with Gasteiger partial charge in [-0.3, -0.25) is 0 Å². The molecule has 2 heterocycles. The van der Waals surface area contributed by atoms with Crippen LogP contribution in [0.3, 0.4) is 0 Å². The van der Waals surface area contributed by atoms with Gasteiger partial charge < -0.3 is 10.1 Å². The van der Waals surface area contributed by atoms with Crippen molar-refractivity contribution in [1.82, 2.24) is 10.3 Å². The van der Waals surface area contributed by atoms with Gasteiger partial charge in [0.05, 0.1) is 7.11 Å². The Morgan fingerprint density at radius 3 is 3.07 bits per heavy atom. The number of hydrogen-bond donors (Lipinski definition) is 1. The average Bonchev–Trinajstić information content (AvgIpc) is 2.29. The van der Waals surface area contributed by atoms with Crippen molar-refractivity contribution in [3.05, 3.63) is 23.9 Å². The van der Waals surface area contributed by atoms with Gasteiger partial charge in [0, 0.05) is 23.8 Å². The highest BCUT2D eigenvalue weighted by atomic mass is 16.5. The summed E-state index contributed by atoms with van der Waals surface area (Å²) in [6.45, 7) is 2.23. The summed E-state index contributed by atoms with van der Waals surface area (Å²) in [7, 11) is 1.68. The van der Waals surface area contributed by atoms with Crippen molar-refractivity contribution in [3.8, 4) is 5.88 Å². The molecule has 2 rings (SSSR count). The van der Waals surface area contributed by atoms with Crippen LogP contribution < -0.4 is 10.1 Å². The maximum Gasteiger partial charge on any atom is 0.217 e. The Kier molecular flexibility index (Phi) is 3.21. The van der Waals surface area contributed by atoms with Gasteiger partial charge >= 0.3 is 0 Å². The maximum absolute atomic E-state index is 5.28. The number of hydrogen-bond acceptors (Lipinski definition) is 3. The zero-order valence-electron chi connectivity index (χ0n) is 9.36. The number of nitrogens with zero attached hydrogens (tertiary/aromatic N) is 1. The van der Waals surface area contributed by atoms with Crippen LogP contribution in [0.15, 0.2) is 18.3 Å². The Bertz CT molecular complexity index is 327. The highest BCUT2D eigenvalue weighted by molar-refractivity contribution is 5.29. The van der Waals surface area contributed by atoms with E-state index in [1.807, 2.05) is 6.07 Å². The second-order valence-corrected chi connectivity index (χ2v) is 4.15. The molecule has 2 unspecified atom stereocenters. The van der Waals surface area contributed by atoms with Crippen LogP contribution in [0.5, 0.6) is 5.88 Å². The fourth-order valence-corrected chi connectivity index (χ4v) is 2.22. The highest BCUT2D eigenvalue weighted by Gasteiger charge is 2.22. The summed E-state index contributed by atoms with van der Waals surface area (Å²) < 4.78 is 5.28. The van der Waals surface area contributed by atoms with E-state index in [9.17, 15) is 0 Å². The largest absolute Gasteiger partial charge is 0.481 e. The predicted octanol–water partition coefficient (Wildman–Crippen LogP) is 2.29. The number of pyridine rings is 1. The van der Waals surface area contributed by atoms with Crippen molar-refractivity contribution in [2.24, 2.45) is 0 Å². The molecule has 3 heteroatoms. The van der Waals surface area contributed by atoms with Gasteiger partial charge in [-0.05, 0) is 25.8 Å². The lowest BCUT2D eigenvalue weighted by Crippen LogP contribution is -2.34. The normalized spacial score (nSPS) is 26.3. The Hall–Kier alpha value is -1.09. The number of ether oxygens (including phenoxy) is 1. The Labute approximate surface area is 90.9 Å². The lowest BCUT2D eigenvalue weighted by molar-refractivity contribution is 0.324. The SMILES string of the molecule is COc1ncccc1C1CCCC(C)N1. The van der Waals surface area contributed by atoms with Crippen LogP contribution in [0.4, 0.5) is 0 Å². The minimum Gasteiger partial charge on any atom is -0.481 e. The predicted molar refractivity (Wildman–Crippen MR) is 60.0 cm³/mol. The van der Waals surface area contributed by atoms with E-state index in [1.54, 1.807) is 13.3 Å². The number of rotatable bonds is 2. The third-order valence-corrected chi connectivity index (χ3v) is 2.98. The molecule has 0 bridgehead atoms. The van der Waals surface area contributed by atoms with Gasteiger partial charge in [-0.15, -0.1) is 0 Å². The van der Waals surface area contributed by atoms with E-state index in [2.05, 4.69) is 23.3 Å². The molecule has 1 saturated heterocycles. The van der Waals surface area contributed by atoms with E-state index >= 15 is 0 Å². The number of nitrogens with one attached hydrogen (secondary N) is 1. The summed E-state index contributed by atoms with van der Waals surface area (Å²) in [6, 6.07) is 5.06. The zero-order chi connectivity index (χ0) is 10.7. The van der Waals surface area contributed by atoms with Crippen LogP contribution in [0.2, 0.25) is 0 Å². The fourth-order valence-electron chi connectivity index (χ4n) is 2.22. The summed E-state index contributed by atoms with van der Waals surface area (Å²) in [5, 5.41) is 3.59. The molecule has 1 aliphatic rings. The zero-order valence-corrected chi connectivity index (χ0v) is 9.36. The standard InChI is InChI=1S/C12H18N2O/c1-9-5-3-7-11(14-9)10-6-4-8-13-12(10)15-2/h4,6,8-9,11,14H,3,5,7H2,1-2H3. The summed E-state index contributed by atoms with van der Waals surface area (Å²) in [6.07, 6.45) is 5.48. The van der Waals surface area contributed by atoms with Crippen LogP contribution in [-0.2, 0) is 0 Å². The van der Waals surface area contributed by atoms with Crippen LogP contribution >= 0.6 is 0 Å². The van der Waals surface area contributed by atoms with Gasteiger partial charge in [-0.25, -0.2) is 4.98 Å². The molecule has 0 saturated carbocycles. The van der Waals surface area contributed by atoms with E-state index in [0.717, 1.165) is 5.88 Å². The topological polar surface area (TPSA) is 34.1 Å². The molecular weight excluding hydrogens is 188 g/mol. The van der Waals surface area contributed by atoms with Crippen molar-refractivity contribution in [2.45, 2.75) is 38.3 Å². The average molecular weight is 206 g/mol. The smallest absolute Gasteiger partial charge is 0.217 e. The molecule has 0 radical (unpaired) electrons. The molecule has 1 aliphatic heterocycles. The number of aromatic nitrogens is 1. The Morgan fingerprint density at radius 1 is 1.47 bits per heavy atom. The molecule has 0 amide bonds. The second kappa shape index (κ2) is 4.62.